The minimum Gasteiger partial charge on any atom is -0.462 e. The monoisotopic (exact) mass is 1300 g/mol. The topological polar surface area (TPSA) is 237 Å². The van der Waals surface area contributed by atoms with E-state index in [1.807, 2.05) is 0 Å². The molecule has 17 nitrogen and oxygen atoms in total. The molecule has 88 heavy (non-hydrogen) atoms. The zero-order valence-corrected chi connectivity index (χ0v) is 58.8. The van der Waals surface area contributed by atoms with E-state index in [9.17, 15) is 43.2 Å². The first kappa shape index (κ1) is 86.1. The van der Waals surface area contributed by atoms with Crippen LogP contribution in [-0.4, -0.2) is 96.7 Å². The second-order valence-electron chi connectivity index (χ2n) is 25.9. The maximum atomic E-state index is 13.0. The predicted octanol–water partition coefficient (Wildman–Crippen LogP) is 19.6. The molecule has 0 aliphatic carbocycles. The Hall–Kier alpha value is -1.94. The average Bonchev–Trinajstić information content (AvgIpc) is 3.62. The summed E-state index contributed by atoms with van der Waals surface area (Å²) in [6.45, 7) is 9.49. The van der Waals surface area contributed by atoms with E-state index in [2.05, 4.69) is 41.5 Å². The van der Waals surface area contributed by atoms with Gasteiger partial charge < -0.3 is 33.8 Å². The van der Waals surface area contributed by atoms with Gasteiger partial charge in [0, 0.05) is 25.7 Å². The number of carbonyl (C=O) groups excluding carboxylic acids is 4. The summed E-state index contributed by atoms with van der Waals surface area (Å²) in [4.78, 5) is 72.4. The summed E-state index contributed by atoms with van der Waals surface area (Å²) in [6, 6.07) is 0. The Kier molecular flexibility index (Phi) is 59.9. The first-order valence-corrected chi connectivity index (χ1v) is 39.0. The summed E-state index contributed by atoms with van der Waals surface area (Å²) in [6.07, 6.45) is 45.9. The molecule has 0 fully saturated rings. The Morgan fingerprint density at radius 3 is 0.773 bits per heavy atom. The number of carbonyl (C=O) groups is 4. The number of hydrogen-bond acceptors (Lipinski definition) is 15. The molecule has 0 aromatic carbocycles. The summed E-state index contributed by atoms with van der Waals surface area (Å²) >= 11 is 0. The van der Waals surface area contributed by atoms with Gasteiger partial charge in [0.1, 0.15) is 19.3 Å². The highest BCUT2D eigenvalue weighted by Gasteiger charge is 2.30. The van der Waals surface area contributed by atoms with Gasteiger partial charge in [-0.2, -0.15) is 0 Å². The average molecular weight is 1300 g/mol. The zero-order chi connectivity index (χ0) is 65.0. The van der Waals surface area contributed by atoms with Gasteiger partial charge in [-0.15, -0.1) is 0 Å². The fourth-order valence-electron chi connectivity index (χ4n) is 10.4. The van der Waals surface area contributed by atoms with Crippen molar-refractivity contribution in [2.24, 2.45) is 11.8 Å². The number of unbranched alkanes of at least 4 members (excludes halogenated alkanes) is 38. The van der Waals surface area contributed by atoms with Gasteiger partial charge in [0.25, 0.3) is 0 Å². The number of esters is 4. The first-order valence-electron chi connectivity index (χ1n) is 36.0. The lowest BCUT2D eigenvalue weighted by atomic mass is 10.0. The van der Waals surface area contributed by atoms with Gasteiger partial charge >= 0.3 is 39.5 Å². The van der Waals surface area contributed by atoms with Gasteiger partial charge in [-0.1, -0.05) is 298 Å². The van der Waals surface area contributed by atoms with Crippen molar-refractivity contribution in [3.05, 3.63) is 0 Å². The molecule has 0 heterocycles. The Balaban J connectivity index is 5.21. The van der Waals surface area contributed by atoms with Crippen LogP contribution in [0.25, 0.3) is 0 Å². The van der Waals surface area contributed by atoms with E-state index in [1.165, 1.54) is 154 Å². The molecule has 0 bridgehead atoms. The minimum absolute atomic E-state index is 0.105. The van der Waals surface area contributed by atoms with Crippen molar-refractivity contribution in [1.82, 2.24) is 0 Å². The van der Waals surface area contributed by atoms with Gasteiger partial charge in [-0.3, -0.25) is 37.3 Å². The molecule has 2 unspecified atom stereocenters. The van der Waals surface area contributed by atoms with E-state index < -0.39 is 97.5 Å². The van der Waals surface area contributed by atoms with Crippen LogP contribution in [0.4, 0.5) is 0 Å². The Morgan fingerprint density at radius 1 is 0.307 bits per heavy atom. The highest BCUT2D eigenvalue weighted by atomic mass is 31.2. The van der Waals surface area contributed by atoms with Crippen molar-refractivity contribution in [2.75, 3.05) is 39.6 Å². The van der Waals surface area contributed by atoms with E-state index in [0.717, 1.165) is 115 Å². The lowest BCUT2D eigenvalue weighted by Crippen LogP contribution is -2.30. The molecule has 0 saturated heterocycles. The molecule has 0 aromatic heterocycles. The number of aliphatic hydroxyl groups excluding tert-OH is 1. The van der Waals surface area contributed by atoms with Gasteiger partial charge in [-0.25, -0.2) is 9.13 Å². The maximum absolute atomic E-state index is 13.0. The summed E-state index contributed by atoms with van der Waals surface area (Å²) in [5.74, 6) is -0.616. The molecule has 0 saturated carbocycles. The normalized spacial score (nSPS) is 14.2. The van der Waals surface area contributed by atoms with Gasteiger partial charge in [0.15, 0.2) is 12.2 Å². The third-order valence-electron chi connectivity index (χ3n) is 16.0. The van der Waals surface area contributed by atoms with Gasteiger partial charge in [0.05, 0.1) is 26.4 Å². The van der Waals surface area contributed by atoms with E-state index in [1.54, 1.807) is 0 Å². The highest BCUT2D eigenvalue weighted by Crippen LogP contribution is 2.45. The van der Waals surface area contributed by atoms with Crippen molar-refractivity contribution in [3.63, 3.8) is 0 Å². The molecular weight excluding hydrogens is 1160 g/mol. The quantitative estimate of drug-likeness (QED) is 0.0222. The van der Waals surface area contributed by atoms with E-state index in [-0.39, 0.29) is 25.7 Å². The molecule has 0 aliphatic heterocycles. The predicted molar refractivity (Wildman–Crippen MR) is 354 cm³/mol. The third kappa shape index (κ3) is 62.8. The largest absolute Gasteiger partial charge is 0.472 e. The second-order valence-corrected chi connectivity index (χ2v) is 28.8. The molecule has 0 radical (unpaired) electrons. The van der Waals surface area contributed by atoms with Crippen molar-refractivity contribution in [3.8, 4) is 0 Å². The van der Waals surface area contributed by atoms with Crippen LogP contribution in [0.2, 0.25) is 0 Å². The Labute approximate surface area is 537 Å². The maximum Gasteiger partial charge on any atom is 0.472 e. The molecule has 0 aromatic rings. The molecule has 0 spiro atoms. The molecule has 522 valence electrons. The number of ether oxygens (including phenoxy) is 4. The fourth-order valence-corrected chi connectivity index (χ4v) is 12.0. The number of hydrogen-bond donors (Lipinski definition) is 3. The first-order chi connectivity index (χ1) is 42.4. The van der Waals surface area contributed by atoms with Crippen LogP contribution in [-0.2, 0) is 65.4 Å². The molecular formula is C69H134O17P2. The van der Waals surface area contributed by atoms with Gasteiger partial charge in [0.2, 0.25) is 0 Å². The SMILES string of the molecule is CCCCCCCCCCCCCCCCC(=O)OC[C@H](COP(=O)(O)OC[C@@H](O)COP(=O)(O)OC[C@@H](COC(=O)CCCCCCCCC)OC(=O)CCCCCCCCCCCC(C)C)OC(=O)CCCCCCCCCCCCCCC(C)C. The van der Waals surface area contributed by atoms with Crippen LogP contribution in [0.15, 0.2) is 0 Å². The Bertz CT molecular complexity index is 1720. The number of rotatable bonds is 68. The Morgan fingerprint density at radius 2 is 0.523 bits per heavy atom. The van der Waals surface area contributed by atoms with E-state index in [0.29, 0.717) is 25.7 Å². The van der Waals surface area contributed by atoms with Crippen molar-refractivity contribution in [1.29, 1.82) is 0 Å². The summed E-state index contributed by atoms with van der Waals surface area (Å²) < 4.78 is 68.2. The summed E-state index contributed by atoms with van der Waals surface area (Å²) in [5.41, 5.74) is 0. The molecule has 0 aliphatic rings. The molecule has 3 N–H and O–H groups in total. The van der Waals surface area contributed by atoms with Crippen LogP contribution in [0.1, 0.15) is 350 Å². The summed E-state index contributed by atoms with van der Waals surface area (Å²) in [5, 5.41) is 10.6. The number of phosphoric ester groups is 2. The highest BCUT2D eigenvalue weighted by molar-refractivity contribution is 7.47. The number of aliphatic hydroxyl groups is 1. The van der Waals surface area contributed by atoms with Gasteiger partial charge in [-0.05, 0) is 37.5 Å². The van der Waals surface area contributed by atoms with Crippen LogP contribution in [0.3, 0.4) is 0 Å². The summed E-state index contributed by atoms with van der Waals surface area (Å²) in [7, 11) is -9.89. The van der Waals surface area contributed by atoms with Crippen molar-refractivity contribution < 1.29 is 80.2 Å². The lowest BCUT2D eigenvalue weighted by Gasteiger charge is -2.21. The smallest absolute Gasteiger partial charge is 0.462 e. The van der Waals surface area contributed by atoms with Crippen LogP contribution in [0, 0.1) is 11.8 Å². The van der Waals surface area contributed by atoms with Crippen LogP contribution >= 0.6 is 15.6 Å². The van der Waals surface area contributed by atoms with Crippen molar-refractivity contribution in [2.45, 2.75) is 368 Å². The second kappa shape index (κ2) is 61.3. The minimum atomic E-state index is -4.95. The van der Waals surface area contributed by atoms with Crippen LogP contribution in [0.5, 0.6) is 0 Å². The number of phosphoric acid groups is 2. The molecule has 0 rings (SSSR count). The van der Waals surface area contributed by atoms with E-state index >= 15 is 0 Å². The van der Waals surface area contributed by atoms with E-state index in [4.69, 9.17) is 37.0 Å². The third-order valence-corrected chi connectivity index (χ3v) is 17.9. The molecule has 19 heteroatoms. The zero-order valence-electron chi connectivity index (χ0n) is 57.0. The fraction of sp³-hybridized carbons (Fsp3) is 0.942. The molecule has 5 atom stereocenters. The standard InChI is InChI=1S/C69H134O17P2/c1-7-9-11-13-15-16-17-18-19-23-28-34-40-46-52-67(72)80-58-65(86-68(73)53-47-41-35-29-24-21-20-22-26-32-37-43-49-61(3)4)60-84-88(77,78)82-56-63(70)55-81-87(75,76)83-59-64(57-79-66(71)51-45-39-31-14-12-10-8-2)85-69(74)54-48-42-36-30-25-27-33-38-44-50-62(5)6/h61-65,70H,7-60H2,1-6H3,(H,75,76)(H,77,78)/t63-,64+,65+/m0/s1. The van der Waals surface area contributed by atoms with Crippen LogP contribution < -0.4 is 0 Å². The van der Waals surface area contributed by atoms with Crippen molar-refractivity contribution >= 4 is 39.5 Å². The molecule has 0 amide bonds. The lowest BCUT2D eigenvalue weighted by molar-refractivity contribution is -0.161.